The molecule has 0 radical (unpaired) electrons. The van der Waals surface area contributed by atoms with E-state index >= 15 is 0 Å². The van der Waals surface area contributed by atoms with Gasteiger partial charge >= 0.3 is 6.18 Å². The summed E-state index contributed by atoms with van der Waals surface area (Å²) in [6, 6.07) is 6.27. The van der Waals surface area contributed by atoms with Gasteiger partial charge in [0.1, 0.15) is 11.5 Å². The largest absolute Gasteiger partial charge is 0.433 e. The van der Waals surface area contributed by atoms with E-state index in [1.54, 1.807) is 22.9 Å². The molecule has 5 nitrogen and oxygen atoms in total. The summed E-state index contributed by atoms with van der Waals surface area (Å²) in [5.41, 5.74) is 0.815. The topological polar surface area (TPSA) is 55.1 Å². The van der Waals surface area contributed by atoms with Gasteiger partial charge in [-0.3, -0.25) is 4.40 Å². The molecule has 0 atom stereocenters. The summed E-state index contributed by atoms with van der Waals surface area (Å²) in [6.07, 6.45) is -0.212. The van der Waals surface area contributed by atoms with Crippen molar-refractivity contribution in [1.82, 2.24) is 19.4 Å². The quantitative estimate of drug-likeness (QED) is 0.553. The fourth-order valence-electron chi connectivity index (χ4n) is 2.49. The van der Waals surface area contributed by atoms with Crippen molar-refractivity contribution in [1.29, 1.82) is 0 Å². The molecule has 0 aliphatic heterocycles. The number of nitrogens with one attached hydrogen (secondary N) is 1. The number of rotatable bonds is 2. The van der Waals surface area contributed by atoms with E-state index in [1.807, 2.05) is 0 Å². The van der Waals surface area contributed by atoms with Gasteiger partial charge in [-0.15, -0.1) is 0 Å². The van der Waals surface area contributed by atoms with E-state index in [0.717, 1.165) is 12.3 Å². The third-order valence-electron chi connectivity index (χ3n) is 3.60. The van der Waals surface area contributed by atoms with Crippen LogP contribution in [0.25, 0.3) is 16.7 Å². The predicted octanol–water partition coefficient (Wildman–Crippen LogP) is 4.18. The van der Waals surface area contributed by atoms with E-state index in [-0.39, 0.29) is 5.82 Å². The minimum atomic E-state index is -4.51. The fraction of sp³-hybridized carbons (Fsp3) is 0.0625. The molecule has 1 N–H and O–H groups in total. The van der Waals surface area contributed by atoms with Gasteiger partial charge in [-0.05, 0) is 24.3 Å². The Kier molecular flexibility index (Phi) is 3.31. The Balaban J connectivity index is 1.79. The number of fused-ring (bicyclic) bond motifs is 3. The van der Waals surface area contributed by atoms with Gasteiger partial charge in [-0.25, -0.2) is 19.3 Å². The second kappa shape index (κ2) is 5.40. The number of halogens is 4. The maximum absolute atomic E-state index is 13.5. The van der Waals surface area contributed by atoms with Crippen LogP contribution < -0.4 is 5.32 Å². The molecule has 1 aromatic carbocycles. The highest BCUT2D eigenvalue weighted by molar-refractivity contribution is 5.84. The molecule has 4 aromatic rings. The zero-order chi connectivity index (χ0) is 17.6. The average Bonchev–Trinajstić information content (AvgIpc) is 3.04. The Labute approximate surface area is 138 Å². The first kappa shape index (κ1) is 15.3. The van der Waals surface area contributed by atoms with E-state index in [4.69, 9.17) is 0 Å². The Bertz CT molecular complexity index is 1070. The molecule has 0 saturated carbocycles. The number of aromatic nitrogens is 4. The van der Waals surface area contributed by atoms with Crippen LogP contribution in [-0.2, 0) is 6.18 Å². The number of benzene rings is 1. The molecule has 0 saturated heterocycles. The van der Waals surface area contributed by atoms with E-state index in [1.165, 1.54) is 18.2 Å². The summed E-state index contributed by atoms with van der Waals surface area (Å²) in [5.74, 6) is -0.161. The summed E-state index contributed by atoms with van der Waals surface area (Å²) < 4.78 is 52.9. The van der Waals surface area contributed by atoms with Gasteiger partial charge in [-0.1, -0.05) is 0 Å². The van der Waals surface area contributed by atoms with Crippen LogP contribution in [0.4, 0.5) is 29.1 Å². The van der Waals surface area contributed by atoms with Crippen LogP contribution in [0.2, 0.25) is 0 Å². The van der Waals surface area contributed by atoms with Crippen LogP contribution in [-0.4, -0.2) is 19.4 Å². The summed E-state index contributed by atoms with van der Waals surface area (Å²) in [4.78, 5) is 11.9. The smallest absolute Gasteiger partial charge is 0.336 e. The highest BCUT2D eigenvalue weighted by Gasteiger charge is 2.32. The highest BCUT2D eigenvalue weighted by atomic mass is 19.4. The van der Waals surface area contributed by atoms with Crippen LogP contribution in [0.5, 0.6) is 0 Å². The fourth-order valence-corrected chi connectivity index (χ4v) is 2.49. The maximum Gasteiger partial charge on any atom is 0.433 e. The number of imidazole rings is 1. The van der Waals surface area contributed by atoms with Crippen LogP contribution in [0.3, 0.4) is 0 Å². The molecule has 9 heteroatoms. The lowest BCUT2D eigenvalue weighted by Crippen LogP contribution is -2.08. The van der Waals surface area contributed by atoms with E-state index in [0.29, 0.717) is 22.4 Å². The van der Waals surface area contributed by atoms with Gasteiger partial charge in [0.15, 0.2) is 11.5 Å². The van der Waals surface area contributed by atoms with Crippen LogP contribution >= 0.6 is 0 Å². The summed E-state index contributed by atoms with van der Waals surface area (Å²) in [5, 5.41) is 2.88. The normalized spacial score (nSPS) is 12.0. The molecule has 0 unspecified atom stereocenters. The van der Waals surface area contributed by atoms with Gasteiger partial charge in [0, 0.05) is 18.5 Å². The van der Waals surface area contributed by atoms with Gasteiger partial charge in [0.2, 0.25) is 0 Å². The zero-order valence-corrected chi connectivity index (χ0v) is 12.4. The second-order valence-electron chi connectivity index (χ2n) is 5.27. The average molecular weight is 347 g/mol. The molecule has 3 aromatic heterocycles. The van der Waals surface area contributed by atoms with Crippen molar-refractivity contribution in [2.24, 2.45) is 0 Å². The Morgan fingerprint density at radius 1 is 1.04 bits per heavy atom. The van der Waals surface area contributed by atoms with Gasteiger partial charge < -0.3 is 5.32 Å². The first-order valence-electron chi connectivity index (χ1n) is 7.14. The molecule has 0 bridgehead atoms. The van der Waals surface area contributed by atoms with Gasteiger partial charge in [0.25, 0.3) is 0 Å². The minimum absolute atomic E-state index is 0.282. The lowest BCUT2D eigenvalue weighted by atomic mass is 10.3. The molecule has 0 amide bonds. The van der Waals surface area contributed by atoms with Crippen molar-refractivity contribution >= 4 is 28.2 Å². The summed E-state index contributed by atoms with van der Waals surface area (Å²) in [7, 11) is 0. The van der Waals surface area contributed by atoms with E-state index < -0.39 is 17.7 Å². The molecule has 25 heavy (non-hydrogen) atoms. The molecular formula is C16H9F4N5. The Morgan fingerprint density at radius 3 is 2.60 bits per heavy atom. The SMILES string of the molecule is Fc1ccc2c(c1)nc(Nc1ccc(C(F)(F)F)nc1)c1nccn12. The lowest BCUT2D eigenvalue weighted by molar-refractivity contribution is -0.141. The first-order chi connectivity index (χ1) is 11.9. The lowest BCUT2D eigenvalue weighted by Gasteiger charge is -2.10. The number of hydrogen-bond acceptors (Lipinski definition) is 4. The van der Waals surface area contributed by atoms with Crippen molar-refractivity contribution < 1.29 is 17.6 Å². The monoisotopic (exact) mass is 347 g/mol. The number of pyridine rings is 1. The molecule has 0 fully saturated rings. The van der Waals surface area contributed by atoms with Crippen molar-refractivity contribution in [3.63, 3.8) is 0 Å². The van der Waals surface area contributed by atoms with Crippen molar-refractivity contribution in [2.75, 3.05) is 5.32 Å². The number of nitrogens with zero attached hydrogens (tertiary/aromatic N) is 4. The second-order valence-corrected chi connectivity index (χ2v) is 5.27. The van der Waals surface area contributed by atoms with Crippen molar-refractivity contribution in [2.45, 2.75) is 6.18 Å². The van der Waals surface area contributed by atoms with E-state index in [9.17, 15) is 17.6 Å². The van der Waals surface area contributed by atoms with Gasteiger partial charge in [-0.2, -0.15) is 13.2 Å². The zero-order valence-electron chi connectivity index (χ0n) is 12.4. The minimum Gasteiger partial charge on any atom is -0.336 e. The van der Waals surface area contributed by atoms with Gasteiger partial charge in [0.05, 0.1) is 22.9 Å². The summed E-state index contributed by atoms with van der Waals surface area (Å²) in [6.45, 7) is 0. The third kappa shape index (κ3) is 2.73. The van der Waals surface area contributed by atoms with Crippen LogP contribution in [0.15, 0.2) is 48.9 Å². The summed E-state index contributed by atoms with van der Waals surface area (Å²) >= 11 is 0. The van der Waals surface area contributed by atoms with Crippen molar-refractivity contribution in [3.8, 4) is 0 Å². The van der Waals surface area contributed by atoms with Crippen LogP contribution in [0.1, 0.15) is 5.69 Å². The number of alkyl halides is 3. The van der Waals surface area contributed by atoms with E-state index in [2.05, 4.69) is 20.3 Å². The third-order valence-corrected chi connectivity index (χ3v) is 3.60. The molecule has 3 heterocycles. The molecule has 4 rings (SSSR count). The molecule has 0 aliphatic carbocycles. The number of hydrogen-bond donors (Lipinski definition) is 1. The molecule has 126 valence electrons. The predicted molar refractivity (Wildman–Crippen MR) is 83.0 cm³/mol. The Morgan fingerprint density at radius 2 is 1.88 bits per heavy atom. The standard InChI is InChI=1S/C16H9F4N5/c17-9-1-3-12-11(7-9)24-14(15-21-5-6-25(12)15)23-10-2-4-13(22-8-10)16(18,19)20/h1-8H,(H,23,24). The number of anilines is 2. The molecule has 0 spiro atoms. The Hall–Kier alpha value is -3.23. The molecular weight excluding hydrogens is 338 g/mol. The van der Waals surface area contributed by atoms with Crippen LogP contribution in [0, 0.1) is 5.82 Å². The maximum atomic E-state index is 13.5. The first-order valence-corrected chi connectivity index (χ1v) is 7.14. The highest BCUT2D eigenvalue weighted by Crippen LogP contribution is 2.29. The molecule has 0 aliphatic rings. The van der Waals surface area contributed by atoms with Crippen molar-refractivity contribution in [3.05, 3.63) is 60.4 Å².